The zero-order chi connectivity index (χ0) is 27.3. The molecule has 0 aliphatic heterocycles. The second-order valence-corrected chi connectivity index (χ2v) is 23.3. The first kappa shape index (κ1) is 28.5. The van der Waals surface area contributed by atoms with Gasteiger partial charge in [-0.1, -0.05) is 149 Å². The van der Waals surface area contributed by atoms with Gasteiger partial charge in [0.1, 0.15) is 0 Å². The lowest BCUT2D eigenvalue weighted by Crippen LogP contribution is -2.76. The SMILES string of the molecule is CCC(C)(C)C[Si](O[Si](O[Si](C)(C)C)(c1ccccc1)c1ccccc1)(c1ccccc1)c1ccccc1. The lowest BCUT2D eigenvalue weighted by atomic mass is 9.93. The second kappa shape index (κ2) is 11.7. The van der Waals surface area contributed by atoms with Crippen LogP contribution >= 0.6 is 0 Å². The van der Waals surface area contributed by atoms with Crippen molar-refractivity contribution in [2.45, 2.75) is 52.9 Å². The first-order chi connectivity index (χ1) is 18.1. The van der Waals surface area contributed by atoms with E-state index in [9.17, 15) is 0 Å². The summed E-state index contributed by atoms with van der Waals surface area (Å²) in [7, 11) is -8.09. The lowest BCUT2D eigenvalue weighted by molar-refractivity contribution is 0.360. The maximum absolute atomic E-state index is 8.07. The molecule has 198 valence electrons. The molecule has 0 saturated heterocycles. The Balaban J connectivity index is 2.10. The van der Waals surface area contributed by atoms with Crippen molar-refractivity contribution >= 4 is 45.9 Å². The summed E-state index contributed by atoms with van der Waals surface area (Å²) in [6.45, 7) is 13.9. The quantitative estimate of drug-likeness (QED) is 0.202. The highest BCUT2D eigenvalue weighted by Gasteiger charge is 2.55. The van der Waals surface area contributed by atoms with E-state index in [0.29, 0.717) is 0 Å². The van der Waals surface area contributed by atoms with E-state index in [1.807, 2.05) is 0 Å². The van der Waals surface area contributed by atoms with Gasteiger partial charge in [-0.15, -0.1) is 0 Å². The number of hydrogen-bond acceptors (Lipinski definition) is 2. The van der Waals surface area contributed by atoms with Gasteiger partial charge in [0.15, 0.2) is 8.32 Å². The highest BCUT2D eigenvalue weighted by Crippen LogP contribution is 2.34. The fraction of sp³-hybridized carbons (Fsp3) is 0.273. The fourth-order valence-electron chi connectivity index (χ4n) is 5.15. The highest BCUT2D eigenvalue weighted by atomic mass is 28.5. The first-order valence-corrected chi connectivity index (χ1v) is 21.1. The molecule has 0 aliphatic rings. The van der Waals surface area contributed by atoms with Crippen LogP contribution in [-0.2, 0) is 8.23 Å². The molecule has 5 heteroatoms. The van der Waals surface area contributed by atoms with E-state index < -0.39 is 25.2 Å². The maximum Gasteiger partial charge on any atom is 0.386 e. The van der Waals surface area contributed by atoms with Crippen molar-refractivity contribution in [2.24, 2.45) is 5.41 Å². The van der Waals surface area contributed by atoms with Crippen LogP contribution in [0.4, 0.5) is 0 Å². The Hall–Kier alpha value is -2.55. The maximum atomic E-state index is 8.07. The number of rotatable bonds is 11. The van der Waals surface area contributed by atoms with Crippen molar-refractivity contribution in [2.75, 3.05) is 0 Å². The van der Waals surface area contributed by atoms with E-state index in [1.165, 1.54) is 20.7 Å². The fourth-order valence-corrected chi connectivity index (χ4v) is 19.6. The van der Waals surface area contributed by atoms with E-state index in [4.69, 9.17) is 8.23 Å². The van der Waals surface area contributed by atoms with Gasteiger partial charge in [-0.25, -0.2) is 0 Å². The molecule has 0 amide bonds. The van der Waals surface area contributed by atoms with Crippen LogP contribution in [0.25, 0.3) is 0 Å². The Morgan fingerprint density at radius 3 is 1.18 bits per heavy atom. The second-order valence-electron chi connectivity index (χ2n) is 11.9. The van der Waals surface area contributed by atoms with Gasteiger partial charge in [0.2, 0.25) is 8.32 Å². The average molecular weight is 555 g/mol. The summed E-state index contributed by atoms with van der Waals surface area (Å²) >= 11 is 0. The third-order valence-electron chi connectivity index (χ3n) is 7.24. The molecule has 0 radical (unpaired) electrons. The third-order valence-corrected chi connectivity index (χ3v) is 19.6. The van der Waals surface area contributed by atoms with Crippen molar-refractivity contribution in [3.8, 4) is 0 Å². The largest absolute Gasteiger partial charge is 0.430 e. The van der Waals surface area contributed by atoms with Crippen molar-refractivity contribution in [1.82, 2.24) is 0 Å². The molecule has 38 heavy (non-hydrogen) atoms. The predicted molar refractivity (Wildman–Crippen MR) is 170 cm³/mol. The minimum atomic E-state index is -3.17. The number of benzene rings is 4. The first-order valence-electron chi connectivity index (χ1n) is 13.7. The summed E-state index contributed by atoms with van der Waals surface area (Å²) in [4.78, 5) is 0. The van der Waals surface area contributed by atoms with Gasteiger partial charge < -0.3 is 8.23 Å². The van der Waals surface area contributed by atoms with Crippen LogP contribution in [0, 0.1) is 5.41 Å². The predicted octanol–water partition coefficient (Wildman–Crippen LogP) is 6.31. The minimum Gasteiger partial charge on any atom is -0.430 e. The van der Waals surface area contributed by atoms with Crippen molar-refractivity contribution < 1.29 is 8.23 Å². The molecule has 0 fully saturated rings. The molecule has 4 rings (SSSR count). The molecule has 2 nitrogen and oxygen atoms in total. The highest BCUT2D eigenvalue weighted by molar-refractivity contribution is 7.08. The molecule has 0 spiro atoms. The summed E-state index contributed by atoms with van der Waals surface area (Å²) in [6.07, 6.45) is 1.07. The Morgan fingerprint density at radius 2 is 0.868 bits per heavy atom. The third kappa shape index (κ3) is 6.35. The van der Waals surface area contributed by atoms with Gasteiger partial charge in [0.05, 0.1) is 0 Å². The molecule has 0 bridgehead atoms. The lowest BCUT2D eigenvalue weighted by Gasteiger charge is -2.47. The van der Waals surface area contributed by atoms with E-state index in [2.05, 4.69) is 162 Å². The molecule has 0 aromatic heterocycles. The Morgan fingerprint density at radius 1 is 0.526 bits per heavy atom. The molecule has 4 aromatic carbocycles. The Bertz CT molecular complexity index is 1190. The van der Waals surface area contributed by atoms with E-state index >= 15 is 0 Å². The number of hydrogen-bond donors (Lipinski definition) is 0. The summed E-state index contributed by atoms with van der Waals surface area (Å²) < 4.78 is 15.5. The smallest absolute Gasteiger partial charge is 0.386 e. The summed E-state index contributed by atoms with van der Waals surface area (Å²) in [5.41, 5.74) is 0.0879. The monoisotopic (exact) mass is 554 g/mol. The molecule has 0 saturated carbocycles. The molecule has 0 heterocycles. The summed E-state index contributed by atoms with van der Waals surface area (Å²) in [6, 6.07) is 44.5. The Labute approximate surface area is 233 Å². The van der Waals surface area contributed by atoms with Crippen LogP contribution in [0.3, 0.4) is 0 Å². The van der Waals surface area contributed by atoms with Gasteiger partial charge in [-0.05, 0) is 51.8 Å². The molecule has 0 N–H and O–H groups in total. The van der Waals surface area contributed by atoms with Crippen molar-refractivity contribution in [3.63, 3.8) is 0 Å². The van der Waals surface area contributed by atoms with Gasteiger partial charge in [0, 0.05) is 0 Å². The van der Waals surface area contributed by atoms with Crippen LogP contribution < -0.4 is 20.7 Å². The molecule has 4 aromatic rings. The van der Waals surface area contributed by atoms with Crippen LogP contribution in [0.1, 0.15) is 27.2 Å². The van der Waals surface area contributed by atoms with E-state index in [1.54, 1.807) is 0 Å². The summed E-state index contributed by atoms with van der Waals surface area (Å²) in [5, 5.41) is 4.95. The molecule has 0 atom stereocenters. The van der Waals surface area contributed by atoms with Crippen LogP contribution in [0.5, 0.6) is 0 Å². The zero-order valence-corrected chi connectivity index (χ0v) is 26.8. The molecular formula is C33H42O2Si3. The average Bonchev–Trinajstić information content (AvgIpc) is 2.93. The van der Waals surface area contributed by atoms with Crippen molar-refractivity contribution in [1.29, 1.82) is 0 Å². The zero-order valence-electron chi connectivity index (χ0n) is 23.8. The van der Waals surface area contributed by atoms with Gasteiger partial charge in [-0.3, -0.25) is 0 Å². The van der Waals surface area contributed by atoms with E-state index in [-0.39, 0.29) is 5.41 Å². The van der Waals surface area contributed by atoms with Crippen molar-refractivity contribution in [3.05, 3.63) is 121 Å². The van der Waals surface area contributed by atoms with Crippen LogP contribution in [0.2, 0.25) is 25.7 Å². The Kier molecular flexibility index (Phi) is 8.75. The van der Waals surface area contributed by atoms with Crippen LogP contribution in [0.15, 0.2) is 121 Å². The molecule has 0 unspecified atom stereocenters. The standard InChI is InChI=1S/C33H42O2Si3/c1-7-33(2,3)28-37(29-20-12-8-13-21-29,30-22-14-9-15-23-30)35-38(34-36(4,5)6,31-24-16-10-17-25-31)32-26-18-11-19-27-32/h8-27H,7,28H2,1-6H3. The topological polar surface area (TPSA) is 18.5 Å². The van der Waals surface area contributed by atoms with Crippen LogP contribution in [-0.4, -0.2) is 25.2 Å². The van der Waals surface area contributed by atoms with Gasteiger partial charge in [0.25, 0.3) is 0 Å². The normalized spacial score (nSPS) is 12.9. The summed E-state index contributed by atoms with van der Waals surface area (Å²) in [5.74, 6) is 0. The van der Waals surface area contributed by atoms with Gasteiger partial charge >= 0.3 is 8.56 Å². The minimum absolute atomic E-state index is 0.0879. The molecule has 0 aliphatic carbocycles. The van der Waals surface area contributed by atoms with E-state index in [0.717, 1.165) is 12.5 Å². The van der Waals surface area contributed by atoms with Gasteiger partial charge in [-0.2, -0.15) is 0 Å². The molecular weight excluding hydrogens is 513 g/mol.